The lowest BCUT2D eigenvalue weighted by Crippen LogP contribution is -2.42. The lowest BCUT2D eigenvalue weighted by atomic mass is 10.4. The molecule has 0 atom stereocenters. The second-order valence-corrected chi connectivity index (χ2v) is 7.40. The number of sulfonamides is 1. The molecule has 0 aromatic carbocycles. The van der Waals surface area contributed by atoms with E-state index in [2.05, 4.69) is 15.6 Å². The first-order chi connectivity index (χ1) is 12.0. The molecule has 0 bridgehead atoms. The van der Waals surface area contributed by atoms with Gasteiger partial charge in [-0.1, -0.05) is 13.8 Å². The van der Waals surface area contributed by atoms with Crippen LogP contribution in [0.2, 0.25) is 0 Å². The summed E-state index contributed by atoms with van der Waals surface area (Å²) in [6, 6.07) is 3.70. The molecule has 1 rings (SSSR count). The van der Waals surface area contributed by atoms with Gasteiger partial charge in [-0.15, -0.1) is 24.0 Å². The predicted molar refractivity (Wildman–Crippen MR) is 114 cm³/mol. The summed E-state index contributed by atoms with van der Waals surface area (Å²) in [5.74, 6) is 1.43. The van der Waals surface area contributed by atoms with Crippen LogP contribution in [0.3, 0.4) is 0 Å². The number of ether oxygens (including phenoxy) is 1. The topological polar surface area (TPSA) is 96.2 Å². The average molecular weight is 502 g/mol. The van der Waals surface area contributed by atoms with Crippen LogP contribution >= 0.6 is 24.0 Å². The molecule has 0 unspecified atom stereocenters. The number of furan rings is 1. The van der Waals surface area contributed by atoms with Crippen molar-refractivity contribution >= 4 is 40.0 Å². The summed E-state index contributed by atoms with van der Waals surface area (Å²) in [4.78, 5) is 4.08. The first-order valence-corrected chi connectivity index (χ1v) is 10.2. The Morgan fingerprint density at radius 2 is 1.96 bits per heavy atom. The standard InChI is InChI=1S/C16H30N4O4S.HI/c1-4-20(5-2)25(21,22)13-10-19-16(17-3)18-9-7-11-23-14-15-8-6-12-24-15;/h6,8,12H,4-5,7,9-11,13-14H2,1-3H3,(H2,17,18,19);1H. The van der Waals surface area contributed by atoms with Crippen molar-refractivity contribution in [3.63, 3.8) is 0 Å². The van der Waals surface area contributed by atoms with Crippen LogP contribution in [-0.2, 0) is 21.4 Å². The van der Waals surface area contributed by atoms with Crippen LogP contribution in [0.15, 0.2) is 27.8 Å². The van der Waals surface area contributed by atoms with E-state index in [1.807, 2.05) is 26.0 Å². The van der Waals surface area contributed by atoms with Gasteiger partial charge in [0.15, 0.2) is 5.96 Å². The Balaban J connectivity index is 0.00000625. The van der Waals surface area contributed by atoms with Crippen LogP contribution in [0.25, 0.3) is 0 Å². The first kappa shape index (κ1) is 25.1. The maximum Gasteiger partial charge on any atom is 0.215 e. The summed E-state index contributed by atoms with van der Waals surface area (Å²) >= 11 is 0. The minimum absolute atomic E-state index is 0. The fourth-order valence-electron chi connectivity index (χ4n) is 2.21. The first-order valence-electron chi connectivity index (χ1n) is 8.56. The normalized spacial score (nSPS) is 12.1. The third kappa shape index (κ3) is 9.74. The summed E-state index contributed by atoms with van der Waals surface area (Å²) in [7, 11) is -1.57. The highest BCUT2D eigenvalue weighted by molar-refractivity contribution is 14.0. The zero-order chi connectivity index (χ0) is 18.5. The number of nitrogens with one attached hydrogen (secondary N) is 2. The third-order valence-corrected chi connectivity index (χ3v) is 5.58. The van der Waals surface area contributed by atoms with E-state index in [0.29, 0.717) is 45.4 Å². The summed E-state index contributed by atoms with van der Waals surface area (Å²) in [5, 5.41) is 6.15. The number of hydrogen-bond acceptors (Lipinski definition) is 5. The molecule has 1 heterocycles. The highest BCUT2D eigenvalue weighted by Crippen LogP contribution is 2.01. The molecule has 1 aromatic heterocycles. The summed E-state index contributed by atoms with van der Waals surface area (Å²) in [6.07, 6.45) is 2.43. The Labute approximate surface area is 173 Å². The van der Waals surface area contributed by atoms with Crippen molar-refractivity contribution in [2.45, 2.75) is 26.9 Å². The smallest absolute Gasteiger partial charge is 0.215 e. The maximum atomic E-state index is 12.1. The zero-order valence-corrected chi connectivity index (χ0v) is 18.9. The van der Waals surface area contributed by atoms with Gasteiger partial charge < -0.3 is 19.8 Å². The molecular formula is C16H31IN4O4S. The van der Waals surface area contributed by atoms with Gasteiger partial charge in [-0.25, -0.2) is 12.7 Å². The molecule has 0 aliphatic rings. The summed E-state index contributed by atoms with van der Waals surface area (Å²) in [6.45, 7) is 6.71. The van der Waals surface area contributed by atoms with E-state index in [1.165, 1.54) is 4.31 Å². The molecule has 0 spiro atoms. The van der Waals surface area contributed by atoms with Gasteiger partial charge in [-0.2, -0.15) is 0 Å². The van der Waals surface area contributed by atoms with Crippen LogP contribution in [0, 0.1) is 0 Å². The number of aliphatic imine (C=N–C) groups is 1. The quantitative estimate of drug-likeness (QED) is 0.195. The van der Waals surface area contributed by atoms with E-state index in [4.69, 9.17) is 9.15 Å². The van der Waals surface area contributed by atoms with Gasteiger partial charge in [0.1, 0.15) is 12.4 Å². The SMILES string of the molecule is CCN(CC)S(=O)(=O)CCNC(=NC)NCCCOCc1ccco1.I. The molecule has 0 saturated carbocycles. The van der Waals surface area contributed by atoms with Crippen LogP contribution in [0.5, 0.6) is 0 Å². The highest BCUT2D eigenvalue weighted by atomic mass is 127. The average Bonchev–Trinajstić information content (AvgIpc) is 3.10. The van der Waals surface area contributed by atoms with Gasteiger partial charge in [0.05, 0.1) is 12.0 Å². The third-order valence-electron chi connectivity index (χ3n) is 3.56. The zero-order valence-electron chi connectivity index (χ0n) is 15.7. The Hall–Kier alpha value is -0.850. The van der Waals surface area contributed by atoms with Crippen molar-refractivity contribution in [3.8, 4) is 0 Å². The fraction of sp³-hybridized carbons (Fsp3) is 0.688. The minimum Gasteiger partial charge on any atom is -0.467 e. The van der Waals surface area contributed by atoms with Crippen molar-refractivity contribution in [3.05, 3.63) is 24.2 Å². The number of halogens is 1. The lowest BCUT2D eigenvalue weighted by Gasteiger charge is -2.19. The molecule has 0 aliphatic carbocycles. The fourth-order valence-corrected chi connectivity index (χ4v) is 3.62. The number of hydrogen-bond donors (Lipinski definition) is 2. The molecule has 8 nitrogen and oxygen atoms in total. The highest BCUT2D eigenvalue weighted by Gasteiger charge is 2.18. The summed E-state index contributed by atoms with van der Waals surface area (Å²) < 4.78 is 36.3. The Morgan fingerprint density at radius 1 is 1.27 bits per heavy atom. The monoisotopic (exact) mass is 502 g/mol. The largest absolute Gasteiger partial charge is 0.467 e. The molecule has 152 valence electrons. The Kier molecular flexibility index (Phi) is 13.8. The molecule has 1 aromatic rings. The minimum atomic E-state index is -3.22. The van der Waals surface area contributed by atoms with Gasteiger partial charge in [-0.05, 0) is 18.6 Å². The van der Waals surface area contributed by atoms with Gasteiger partial charge in [0, 0.05) is 39.8 Å². The van der Waals surface area contributed by atoms with Crippen molar-refractivity contribution in [1.82, 2.24) is 14.9 Å². The van der Waals surface area contributed by atoms with Crippen molar-refractivity contribution in [2.75, 3.05) is 45.6 Å². The van der Waals surface area contributed by atoms with Crippen molar-refractivity contribution in [2.24, 2.45) is 4.99 Å². The van der Waals surface area contributed by atoms with Gasteiger partial charge in [0.25, 0.3) is 0 Å². The van der Waals surface area contributed by atoms with E-state index in [-0.39, 0.29) is 29.7 Å². The molecule has 0 aliphatic heterocycles. The second kappa shape index (κ2) is 14.2. The van der Waals surface area contributed by atoms with Gasteiger partial charge in [0.2, 0.25) is 10.0 Å². The van der Waals surface area contributed by atoms with Crippen LogP contribution in [0.4, 0.5) is 0 Å². The van der Waals surface area contributed by atoms with E-state index >= 15 is 0 Å². The summed E-state index contributed by atoms with van der Waals surface area (Å²) in [5.41, 5.74) is 0. The van der Waals surface area contributed by atoms with Gasteiger partial charge in [-0.3, -0.25) is 4.99 Å². The molecular weight excluding hydrogens is 471 g/mol. The van der Waals surface area contributed by atoms with E-state index in [1.54, 1.807) is 13.3 Å². The molecule has 10 heteroatoms. The number of guanidine groups is 1. The molecule has 0 saturated heterocycles. The van der Waals surface area contributed by atoms with Gasteiger partial charge >= 0.3 is 0 Å². The van der Waals surface area contributed by atoms with Crippen LogP contribution in [-0.4, -0.2) is 64.3 Å². The van der Waals surface area contributed by atoms with Crippen molar-refractivity contribution < 1.29 is 17.6 Å². The Bertz CT molecular complexity index is 589. The molecule has 2 N–H and O–H groups in total. The van der Waals surface area contributed by atoms with E-state index in [0.717, 1.165) is 12.2 Å². The molecule has 0 fully saturated rings. The lowest BCUT2D eigenvalue weighted by molar-refractivity contribution is 0.105. The van der Waals surface area contributed by atoms with Crippen LogP contribution in [0.1, 0.15) is 26.0 Å². The van der Waals surface area contributed by atoms with Crippen molar-refractivity contribution in [1.29, 1.82) is 0 Å². The molecule has 26 heavy (non-hydrogen) atoms. The molecule has 0 radical (unpaired) electrons. The second-order valence-electron chi connectivity index (χ2n) is 5.31. The van der Waals surface area contributed by atoms with Crippen LogP contribution < -0.4 is 10.6 Å². The maximum absolute atomic E-state index is 12.1. The predicted octanol–water partition coefficient (Wildman–Crippen LogP) is 1.64. The number of nitrogens with zero attached hydrogens (tertiary/aromatic N) is 2. The van der Waals surface area contributed by atoms with E-state index in [9.17, 15) is 8.42 Å². The number of rotatable bonds is 12. The molecule has 0 amide bonds. The Morgan fingerprint density at radius 3 is 2.54 bits per heavy atom. The van der Waals surface area contributed by atoms with E-state index < -0.39 is 10.0 Å².